The van der Waals surface area contributed by atoms with E-state index in [-0.39, 0.29) is 31.0 Å². The van der Waals surface area contributed by atoms with E-state index in [2.05, 4.69) is 20.9 Å². The van der Waals surface area contributed by atoms with Crippen molar-refractivity contribution in [1.82, 2.24) is 20.2 Å². The quantitative estimate of drug-likeness (QED) is 0.408. The number of carbonyl (C=O) groups excluding carboxylic acids is 3. The second kappa shape index (κ2) is 12.8. The van der Waals surface area contributed by atoms with Crippen LogP contribution in [0, 0.1) is 0 Å². The third-order valence-electron chi connectivity index (χ3n) is 6.55. The molecule has 0 unspecified atom stereocenters. The van der Waals surface area contributed by atoms with Crippen LogP contribution in [0.1, 0.15) is 52.8 Å². The van der Waals surface area contributed by atoms with Gasteiger partial charge in [0.25, 0.3) is 0 Å². The van der Waals surface area contributed by atoms with Crippen molar-refractivity contribution in [2.75, 3.05) is 11.9 Å². The molecule has 2 fully saturated rings. The van der Waals surface area contributed by atoms with E-state index in [4.69, 9.17) is 18.9 Å². The highest BCUT2D eigenvalue weighted by atomic mass is 16.6. The number of fused-ring (bicyclic) bond motifs is 1. The van der Waals surface area contributed by atoms with Crippen LogP contribution in [0.25, 0.3) is 0 Å². The van der Waals surface area contributed by atoms with Gasteiger partial charge < -0.3 is 34.9 Å². The zero-order valence-electron chi connectivity index (χ0n) is 23.8. The molecule has 2 saturated heterocycles. The summed E-state index contributed by atoms with van der Waals surface area (Å²) in [7, 11) is 0. The predicted octanol–water partition coefficient (Wildman–Crippen LogP) is 1.87. The predicted molar refractivity (Wildman–Crippen MR) is 147 cm³/mol. The molecule has 1 aromatic heterocycles. The molecule has 3 heterocycles. The van der Waals surface area contributed by atoms with Gasteiger partial charge in [0, 0.05) is 19.5 Å². The number of amides is 3. The zero-order valence-corrected chi connectivity index (χ0v) is 23.8. The highest BCUT2D eigenvalue weighted by molar-refractivity contribution is 5.87. The summed E-state index contributed by atoms with van der Waals surface area (Å²) >= 11 is 0. The molecule has 2 aromatic rings. The van der Waals surface area contributed by atoms with Crippen molar-refractivity contribution in [2.24, 2.45) is 0 Å². The SMILES string of the molecule is CC(=O)Nc1ccn([C@H]2C[C@H]3OC[C@H](NC(=O)[C@H](NC(=O)OC(C)(C)C)[C@@H](C)OCc4ccccc4)[C@H]3O2)c(=O)n1. The van der Waals surface area contributed by atoms with Gasteiger partial charge in [-0.2, -0.15) is 4.98 Å². The Morgan fingerprint density at radius 2 is 1.90 bits per heavy atom. The largest absolute Gasteiger partial charge is 0.444 e. The molecule has 0 saturated carbocycles. The van der Waals surface area contributed by atoms with E-state index in [9.17, 15) is 19.2 Å². The molecule has 3 N–H and O–H groups in total. The molecule has 41 heavy (non-hydrogen) atoms. The van der Waals surface area contributed by atoms with E-state index >= 15 is 0 Å². The Balaban J connectivity index is 1.42. The smallest absolute Gasteiger partial charge is 0.408 e. The van der Waals surface area contributed by atoms with Gasteiger partial charge in [-0.15, -0.1) is 0 Å². The van der Waals surface area contributed by atoms with Crippen LogP contribution in [-0.2, 0) is 35.1 Å². The van der Waals surface area contributed by atoms with Gasteiger partial charge in [-0.3, -0.25) is 14.2 Å². The maximum absolute atomic E-state index is 13.5. The summed E-state index contributed by atoms with van der Waals surface area (Å²) in [5, 5.41) is 8.04. The van der Waals surface area contributed by atoms with E-state index in [0.717, 1.165) is 5.56 Å². The van der Waals surface area contributed by atoms with Crippen molar-refractivity contribution in [3.05, 3.63) is 58.6 Å². The van der Waals surface area contributed by atoms with Gasteiger partial charge in [-0.05, 0) is 39.3 Å². The first-order valence-corrected chi connectivity index (χ1v) is 13.5. The van der Waals surface area contributed by atoms with Gasteiger partial charge in [-0.1, -0.05) is 30.3 Å². The zero-order chi connectivity index (χ0) is 29.7. The minimum Gasteiger partial charge on any atom is -0.444 e. The van der Waals surface area contributed by atoms with Crippen molar-refractivity contribution >= 4 is 23.7 Å². The summed E-state index contributed by atoms with van der Waals surface area (Å²) in [6.07, 6.45) is -1.16. The molecule has 2 aliphatic heterocycles. The molecule has 3 amide bonds. The molecule has 4 rings (SSSR count). The number of rotatable bonds is 9. The van der Waals surface area contributed by atoms with Crippen LogP contribution in [0.15, 0.2) is 47.4 Å². The lowest BCUT2D eigenvalue weighted by atomic mass is 10.1. The molecular formula is C28H37N5O8. The van der Waals surface area contributed by atoms with Gasteiger partial charge in [0.2, 0.25) is 11.8 Å². The first-order valence-electron chi connectivity index (χ1n) is 13.5. The first-order chi connectivity index (χ1) is 19.4. The monoisotopic (exact) mass is 571 g/mol. The number of nitrogens with zero attached hydrogens (tertiary/aromatic N) is 2. The number of aromatic nitrogens is 2. The van der Waals surface area contributed by atoms with E-state index < -0.39 is 53.8 Å². The number of alkyl carbamates (subject to hydrolysis) is 1. The van der Waals surface area contributed by atoms with E-state index in [0.29, 0.717) is 6.42 Å². The third kappa shape index (κ3) is 8.12. The average molecular weight is 572 g/mol. The Hall–Kier alpha value is -3.81. The standard InChI is InChI=1S/C28H37N5O8/c1-16(38-14-18-9-7-6-8-10-18)23(32-27(37)41-28(3,4)5)25(35)30-19-15-39-20-13-22(40-24(19)20)33-12-11-21(29-17(2)34)31-26(33)36/h6-12,16,19-20,22-24H,13-15H2,1-5H3,(H,30,35)(H,32,37)(H,29,31,34,36)/t16-,19+,20-,22-,23-,24-/m1/s1. The number of hydrogen-bond acceptors (Lipinski definition) is 9. The van der Waals surface area contributed by atoms with Crippen LogP contribution in [-0.4, -0.2) is 70.1 Å². The van der Waals surface area contributed by atoms with Crippen molar-refractivity contribution < 1.29 is 33.3 Å². The molecule has 0 spiro atoms. The Morgan fingerprint density at radius 3 is 2.56 bits per heavy atom. The Kier molecular flexibility index (Phi) is 9.41. The lowest BCUT2D eigenvalue weighted by Gasteiger charge is -2.28. The Morgan fingerprint density at radius 1 is 1.17 bits per heavy atom. The van der Waals surface area contributed by atoms with Gasteiger partial charge >= 0.3 is 11.8 Å². The molecule has 13 heteroatoms. The molecule has 1 aromatic carbocycles. The van der Waals surface area contributed by atoms with E-state index in [1.54, 1.807) is 27.7 Å². The molecule has 6 atom stereocenters. The van der Waals surface area contributed by atoms with Crippen LogP contribution >= 0.6 is 0 Å². The average Bonchev–Trinajstić information content (AvgIpc) is 3.47. The van der Waals surface area contributed by atoms with Crippen LogP contribution in [0.2, 0.25) is 0 Å². The fourth-order valence-electron chi connectivity index (χ4n) is 4.68. The minimum atomic E-state index is -1.07. The Bertz CT molecular complexity index is 1290. The normalized spacial score (nSPS) is 23.2. The van der Waals surface area contributed by atoms with E-state index in [1.807, 2.05) is 30.3 Å². The maximum atomic E-state index is 13.5. The number of nitrogens with one attached hydrogen (secondary N) is 3. The number of anilines is 1. The van der Waals surface area contributed by atoms with Crippen molar-refractivity contribution in [2.45, 2.75) is 89.9 Å². The van der Waals surface area contributed by atoms with Gasteiger partial charge in [0.05, 0.1) is 31.5 Å². The Labute approximate surface area is 237 Å². The molecule has 0 bridgehead atoms. The second-order valence-electron chi connectivity index (χ2n) is 11.1. The molecule has 222 valence electrons. The second-order valence-corrected chi connectivity index (χ2v) is 11.1. The fraction of sp³-hybridized carbons (Fsp3) is 0.536. The number of ether oxygens (including phenoxy) is 4. The van der Waals surface area contributed by atoms with Crippen molar-refractivity contribution in [3.63, 3.8) is 0 Å². The molecule has 2 aliphatic rings. The van der Waals surface area contributed by atoms with Crippen molar-refractivity contribution in [1.29, 1.82) is 0 Å². The highest BCUT2D eigenvalue weighted by Gasteiger charge is 2.48. The minimum absolute atomic E-state index is 0.144. The fourth-order valence-corrected chi connectivity index (χ4v) is 4.68. The molecular weight excluding hydrogens is 534 g/mol. The first kappa shape index (κ1) is 30.2. The highest BCUT2D eigenvalue weighted by Crippen LogP contribution is 2.35. The van der Waals surface area contributed by atoms with Gasteiger partial charge in [-0.25, -0.2) is 9.59 Å². The number of hydrogen-bond donors (Lipinski definition) is 3. The van der Waals surface area contributed by atoms with Crippen LogP contribution in [0.3, 0.4) is 0 Å². The summed E-state index contributed by atoms with van der Waals surface area (Å²) in [6.45, 7) is 8.65. The summed E-state index contributed by atoms with van der Waals surface area (Å²) in [4.78, 5) is 53.8. The molecule has 0 aliphatic carbocycles. The van der Waals surface area contributed by atoms with E-state index in [1.165, 1.54) is 23.8 Å². The topological polar surface area (TPSA) is 159 Å². The molecule has 0 radical (unpaired) electrons. The van der Waals surface area contributed by atoms with Gasteiger partial charge in [0.15, 0.2) is 0 Å². The number of carbonyl (C=O) groups is 3. The van der Waals surface area contributed by atoms with Crippen LogP contribution in [0.4, 0.5) is 10.6 Å². The maximum Gasteiger partial charge on any atom is 0.408 e. The summed E-state index contributed by atoms with van der Waals surface area (Å²) in [5.74, 6) is -0.686. The van der Waals surface area contributed by atoms with Gasteiger partial charge in [0.1, 0.15) is 29.8 Å². The third-order valence-corrected chi connectivity index (χ3v) is 6.55. The van der Waals surface area contributed by atoms with Crippen LogP contribution < -0.4 is 21.6 Å². The number of benzene rings is 1. The lowest BCUT2D eigenvalue weighted by molar-refractivity contribution is -0.129. The summed E-state index contributed by atoms with van der Waals surface area (Å²) in [6, 6.07) is 9.38. The molecule has 13 nitrogen and oxygen atoms in total. The lowest BCUT2D eigenvalue weighted by Crippen LogP contribution is -2.57. The van der Waals surface area contributed by atoms with Crippen molar-refractivity contribution in [3.8, 4) is 0 Å². The summed E-state index contributed by atoms with van der Waals surface area (Å²) in [5.41, 5.74) is -0.429. The summed E-state index contributed by atoms with van der Waals surface area (Å²) < 4.78 is 24.7. The van der Waals surface area contributed by atoms with Crippen LogP contribution in [0.5, 0.6) is 0 Å².